The Labute approximate surface area is 244 Å². The fourth-order valence-corrected chi connectivity index (χ4v) is 7.06. The van der Waals surface area contributed by atoms with E-state index in [1.807, 2.05) is 6.07 Å². The van der Waals surface area contributed by atoms with E-state index in [4.69, 9.17) is 9.15 Å². The Morgan fingerprint density at radius 2 is 2.00 bits per heavy atom. The number of carbonyl (C=O) groups is 1. The third-order valence-corrected chi connectivity index (χ3v) is 9.84. The van der Waals surface area contributed by atoms with E-state index in [2.05, 4.69) is 59.6 Å². The maximum absolute atomic E-state index is 13.8. The number of rotatable bonds is 8. The Kier molecular flexibility index (Phi) is 7.27. The number of ether oxygens (including phenoxy) is 1. The van der Waals surface area contributed by atoms with Gasteiger partial charge in [-0.2, -0.15) is 8.42 Å². The molecule has 0 saturated heterocycles. The molecule has 2 aromatic carbocycles. The number of aryl methyl sites for hydroxylation is 1. The van der Waals surface area contributed by atoms with E-state index in [0.717, 1.165) is 22.2 Å². The molecular weight excluding hydrogens is 556 g/mol. The summed E-state index contributed by atoms with van der Waals surface area (Å²) in [6.45, 7) is 7.38. The molecule has 12 heteroatoms. The van der Waals surface area contributed by atoms with Gasteiger partial charge in [0, 0.05) is 60.5 Å². The predicted molar refractivity (Wildman–Crippen MR) is 156 cm³/mol. The lowest BCUT2D eigenvalue weighted by molar-refractivity contribution is -0.124. The molecule has 2 atom stereocenters. The maximum Gasteiger partial charge on any atom is 0.298 e. The average molecular weight is 591 g/mol. The number of amides is 1. The number of nitrogens with zero attached hydrogens (tertiary/aromatic N) is 5. The third-order valence-electron chi connectivity index (χ3n) is 8.05. The molecule has 6 rings (SSSR count). The highest BCUT2D eigenvalue weighted by Gasteiger charge is 2.39. The van der Waals surface area contributed by atoms with Crippen molar-refractivity contribution in [1.82, 2.24) is 29.5 Å². The van der Waals surface area contributed by atoms with Gasteiger partial charge in [0.25, 0.3) is 10.0 Å². The number of fused-ring (bicyclic) bond motifs is 2. The molecule has 4 aromatic rings. The maximum atomic E-state index is 13.8. The fourth-order valence-electron chi connectivity index (χ4n) is 5.45. The molecular formula is C30H34N6O5S. The summed E-state index contributed by atoms with van der Waals surface area (Å²) in [6, 6.07) is 12.7. The molecule has 2 aliphatic heterocycles. The SMILES string of the molecule is Cc1c(S(=O)(=O)N2C=CNC(=O)C2Cc2cn(C3CCOc4cc(CN(C)C(C)C)ccc43)nn2)oc2ccccc12. The molecule has 0 fully saturated rings. The van der Waals surface area contributed by atoms with Crippen LogP contribution in [0, 0.1) is 6.92 Å². The molecule has 42 heavy (non-hydrogen) atoms. The molecule has 2 aliphatic rings. The minimum absolute atomic E-state index is 0.0330. The summed E-state index contributed by atoms with van der Waals surface area (Å²) in [4.78, 5) is 15.3. The largest absolute Gasteiger partial charge is 0.493 e. The second-order valence-electron chi connectivity index (χ2n) is 11.1. The van der Waals surface area contributed by atoms with E-state index in [1.54, 1.807) is 36.0 Å². The normalized spacial score (nSPS) is 18.9. The number of hydrogen-bond donors (Lipinski definition) is 1. The van der Waals surface area contributed by atoms with Gasteiger partial charge in [-0.05, 0) is 45.5 Å². The number of nitrogens with one attached hydrogen (secondary N) is 1. The number of carbonyl (C=O) groups excluding carboxylic acids is 1. The molecule has 4 heterocycles. The third kappa shape index (κ3) is 5.05. The summed E-state index contributed by atoms with van der Waals surface area (Å²) in [7, 11) is -2.09. The quantitative estimate of drug-likeness (QED) is 0.329. The Morgan fingerprint density at radius 1 is 1.19 bits per heavy atom. The van der Waals surface area contributed by atoms with Crippen molar-refractivity contribution in [2.24, 2.45) is 0 Å². The van der Waals surface area contributed by atoms with E-state index < -0.39 is 22.0 Å². The molecule has 220 valence electrons. The van der Waals surface area contributed by atoms with E-state index >= 15 is 0 Å². The molecule has 1 amide bonds. The molecule has 0 bridgehead atoms. The van der Waals surface area contributed by atoms with Crippen LogP contribution in [0.5, 0.6) is 5.75 Å². The minimum atomic E-state index is -4.18. The van der Waals surface area contributed by atoms with Gasteiger partial charge in [-0.1, -0.05) is 35.5 Å². The van der Waals surface area contributed by atoms with Crippen molar-refractivity contribution < 1.29 is 22.4 Å². The molecule has 0 radical (unpaired) electrons. The number of benzene rings is 2. The van der Waals surface area contributed by atoms with Gasteiger partial charge in [-0.25, -0.2) is 4.68 Å². The minimum Gasteiger partial charge on any atom is -0.493 e. The summed E-state index contributed by atoms with van der Waals surface area (Å²) in [5, 5.41) is 11.8. The van der Waals surface area contributed by atoms with Gasteiger partial charge in [0.05, 0.1) is 18.3 Å². The summed E-state index contributed by atoms with van der Waals surface area (Å²) >= 11 is 0. The Morgan fingerprint density at radius 3 is 2.79 bits per heavy atom. The highest BCUT2D eigenvalue weighted by Crippen LogP contribution is 2.36. The highest BCUT2D eigenvalue weighted by atomic mass is 32.2. The van der Waals surface area contributed by atoms with Crippen LogP contribution < -0.4 is 10.1 Å². The molecule has 0 aliphatic carbocycles. The standard InChI is InChI=1S/C30H34N6O5S/c1-19(2)34(4)17-21-9-10-24-25(11-14-40-28(24)15-21)35-18-22(32-33-35)16-26-29(37)31-12-13-36(26)42(38,39)30-20(3)23-7-5-6-8-27(23)41-30/h5-10,12-13,15,18-19,25-26H,11,14,16-17H2,1-4H3,(H,31,37). The first-order chi connectivity index (χ1) is 20.1. The van der Waals surface area contributed by atoms with Crippen LogP contribution in [0.1, 0.15) is 48.7 Å². The molecule has 0 saturated carbocycles. The van der Waals surface area contributed by atoms with Gasteiger partial charge in [-0.15, -0.1) is 5.10 Å². The van der Waals surface area contributed by atoms with Crippen LogP contribution in [-0.4, -0.2) is 64.3 Å². The molecule has 1 N–H and O–H groups in total. The number of sulfonamides is 1. The van der Waals surface area contributed by atoms with Crippen molar-refractivity contribution in [3.8, 4) is 5.75 Å². The fraction of sp³-hybridized carbons (Fsp3) is 0.367. The zero-order valence-electron chi connectivity index (χ0n) is 24.0. The summed E-state index contributed by atoms with van der Waals surface area (Å²) in [5.41, 5.74) is 3.63. The van der Waals surface area contributed by atoms with Crippen LogP contribution in [0.3, 0.4) is 0 Å². The van der Waals surface area contributed by atoms with Gasteiger partial charge in [-0.3, -0.25) is 14.0 Å². The lowest BCUT2D eigenvalue weighted by atomic mass is 9.98. The van der Waals surface area contributed by atoms with E-state index in [1.165, 1.54) is 18.0 Å². The number of hydrogen-bond acceptors (Lipinski definition) is 8. The van der Waals surface area contributed by atoms with Gasteiger partial charge in [0.1, 0.15) is 17.4 Å². The van der Waals surface area contributed by atoms with Crippen LogP contribution in [0.4, 0.5) is 0 Å². The zero-order valence-corrected chi connectivity index (χ0v) is 24.8. The second kappa shape index (κ2) is 10.9. The van der Waals surface area contributed by atoms with Crippen molar-refractivity contribution in [2.45, 2.75) is 63.4 Å². The van der Waals surface area contributed by atoms with E-state index in [0.29, 0.717) is 41.3 Å². The Bertz CT molecular complexity index is 1780. The van der Waals surface area contributed by atoms with E-state index in [-0.39, 0.29) is 17.6 Å². The number of furan rings is 1. The Balaban J connectivity index is 1.25. The molecule has 2 unspecified atom stereocenters. The highest BCUT2D eigenvalue weighted by molar-refractivity contribution is 7.89. The molecule has 0 spiro atoms. The second-order valence-corrected chi connectivity index (χ2v) is 12.9. The molecule has 2 aromatic heterocycles. The first-order valence-corrected chi connectivity index (χ1v) is 15.4. The van der Waals surface area contributed by atoms with Crippen LogP contribution in [0.15, 0.2) is 70.6 Å². The Hall–Kier alpha value is -4.16. The van der Waals surface area contributed by atoms with Gasteiger partial charge in [0.15, 0.2) is 0 Å². The smallest absolute Gasteiger partial charge is 0.298 e. The van der Waals surface area contributed by atoms with Crippen molar-refractivity contribution in [1.29, 1.82) is 0 Å². The van der Waals surface area contributed by atoms with Crippen molar-refractivity contribution in [3.05, 3.63) is 83.4 Å². The molecule has 11 nitrogen and oxygen atoms in total. The van der Waals surface area contributed by atoms with Crippen molar-refractivity contribution in [3.63, 3.8) is 0 Å². The van der Waals surface area contributed by atoms with Crippen LogP contribution in [0.25, 0.3) is 11.0 Å². The summed E-state index contributed by atoms with van der Waals surface area (Å²) in [5.74, 6) is 0.368. The average Bonchev–Trinajstić information content (AvgIpc) is 3.58. The van der Waals surface area contributed by atoms with Crippen LogP contribution >= 0.6 is 0 Å². The zero-order chi connectivity index (χ0) is 29.6. The lowest BCUT2D eigenvalue weighted by Crippen LogP contribution is -2.50. The summed E-state index contributed by atoms with van der Waals surface area (Å²) < 4.78 is 42.2. The monoisotopic (exact) mass is 590 g/mol. The van der Waals surface area contributed by atoms with Gasteiger partial charge >= 0.3 is 0 Å². The first-order valence-electron chi connectivity index (χ1n) is 14.0. The topological polar surface area (TPSA) is 123 Å². The van der Waals surface area contributed by atoms with Crippen molar-refractivity contribution >= 4 is 26.9 Å². The first kappa shape index (κ1) is 28.0. The van der Waals surface area contributed by atoms with E-state index in [9.17, 15) is 13.2 Å². The van der Waals surface area contributed by atoms with Gasteiger partial charge < -0.3 is 14.5 Å². The van der Waals surface area contributed by atoms with Crippen LogP contribution in [0.2, 0.25) is 0 Å². The van der Waals surface area contributed by atoms with Crippen molar-refractivity contribution in [2.75, 3.05) is 13.7 Å². The number of para-hydroxylation sites is 1. The number of aromatic nitrogens is 3. The summed E-state index contributed by atoms with van der Waals surface area (Å²) in [6.07, 6.45) is 5.19. The predicted octanol–water partition coefficient (Wildman–Crippen LogP) is 3.75. The van der Waals surface area contributed by atoms with Gasteiger partial charge in [0.2, 0.25) is 11.0 Å². The lowest BCUT2D eigenvalue weighted by Gasteiger charge is -2.30. The van der Waals surface area contributed by atoms with Crippen LogP contribution in [-0.2, 0) is 27.8 Å².